The molecular weight excluding hydrogens is 388 g/mol. The van der Waals surface area contributed by atoms with Crippen LogP contribution in [0.1, 0.15) is 12.7 Å². The molecule has 4 rings (SSSR count). The maximum absolute atomic E-state index is 12.9. The molecule has 0 aliphatic carbocycles. The molecule has 0 saturated carbocycles. The number of hydrogen-bond donors (Lipinski definition) is 0. The van der Waals surface area contributed by atoms with Crippen LogP contribution in [0.2, 0.25) is 0 Å². The van der Waals surface area contributed by atoms with Crippen molar-refractivity contribution in [1.82, 2.24) is 19.3 Å². The molecule has 2 aromatic carbocycles. The Morgan fingerprint density at radius 3 is 2.28 bits per heavy atom. The third-order valence-electron chi connectivity index (χ3n) is 4.73. The van der Waals surface area contributed by atoms with Crippen molar-refractivity contribution in [2.24, 2.45) is 7.05 Å². The van der Waals surface area contributed by atoms with Gasteiger partial charge < -0.3 is 13.9 Å². The molecule has 0 atom stereocenters. The summed E-state index contributed by atoms with van der Waals surface area (Å²) in [6.45, 7) is 2.59. The third-order valence-corrected chi connectivity index (χ3v) is 5.72. The van der Waals surface area contributed by atoms with Crippen LogP contribution in [0, 0.1) is 0 Å². The third kappa shape index (κ3) is 3.63. The molecule has 0 saturated heterocycles. The molecule has 2 heterocycles. The second-order valence-corrected chi connectivity index (χ2v) is 7.44. The summed E-state index contributed by atoms with van der Waals surface area (Å²) in [5.41, 5.74) is 1.72. The highest BCUT2D eigenvalue weighted by Crippen LogP contribution is 2.22. The Bertz CT molecular complexity index is 1200. The first-order valence-corrected chi connectivity index (χ1v) is 10.3. The van der Waals surface area contributed by atoms with E-state index >= 15 is 0 Å². The van der Waals surface area contributed by atoms with E-state index in [2.05, 4.69) is 14.8 Å². The fourth-order valence-electron chi connectivity index (χ4n) is 3.32. The van der Waals surface area contributed by atoms with E-state index in [0.29, 0.717) is 29.1 Å². The molecule has 0 spiro atoms. The van der Waals surface area contributed by atoms with Crippen molar-refractivity contribution >= 4 is 39.5 Å². The molecule has 0 aliphatic rings. The van der Waals surface area contributed by atoms with Gasteiger partial charge in [0.05, 0.1) is 29.9 Å². The van der Waals surface area contributed by atoms with E-state index in [9.17, 15) is 9.59 Å². The number of benzene rings is 2. The molecule has 4 aromatic rings. The van der Waals surface area contributed by atoms with Gasteiger partial charge in [-0.1, -0.05) is 36.0 Å². The van der Waals surface area contributed by atoms with Crippen LogP contribution in [-0.2, 0) is 23.1 Å². The van der Waals surface area contributed by atoms with Crippen molar-refractivity contribution in [3.8, 4) is 0 Å². The predicted molar refractivity (Wildman–Crippen MR) is 113 cm³/mol. The highest BCUT2D eigenvalue weighted by molar-refractivity contribution is 7.99. The lowest BCUT2D eigenvalue weighted by Crippen LogP contribution is -2.14. The standard InChI is InChI=1S/C21H20N4O3S/c1-3-28-19(26)13-29-21-23-22-18(24(21)2)12-25-16-10-6-4-8-14(16)20(27)15-9-5-7-11-17(15)25/h4-11H,3,12-13H2,1-2H3. The molecule has 0 fully saturated rings. The van der Waals surface area contributed by atoms with Crippen LogP contribution in [0.25, 0.3) is 21.8 Å². The van der Waals surface area contributed by atoms with Crippen molar-refractivity contribution in [3.63, 3.8) is 0 Å². The Morgan fingerprint density at radius 2 is 1.66 bits per heavy atom. The average Bonchev–Trinajstić information content (AvgIpc) is 3.09. The van der Waals surface area contributed by atoms with Gasteiger partial charge >= 0.3 is 5.97 Å². The lowest BCUT2D eigenvalue weighted by Gasteiger charge is -2.14. The minimum atomic E-state index is -0.278. The van der Waals surface area contributed by atoms with Gasteiger partial charge in [0.15, 0.2) is 16.4 Å². The van der Waals surface area contributed by atoms with Gasteiger partial charge in [-0.3, -0.25) is 9.59 Å². The van der Waals surface area contributed by atoms with Crippen LogP contribution < -0.4 is 5.43 Å². The summed E-state index contributed by atoms with van der Waals surface area (Å²) < 4.78 is 8.91. The van der Waals surface area contributed by atoms with E-state index in [4.69, 9.17) is 4.74 Å². The van der Waals surface area contributed by atoms with Crippen LogP contribution in [-0.4, -0.2) is 37.7 Å². The van der Waals surface area contributed by atoms with Crippen molar-refractivity contribution in [1.29, 1.82) is 0 Å². The molecule has 0 radical (unpaired) electrons. The molecule has 0 amide bonds. The van der Waals surface area contributed by atoms with Crippen LogP contribution in [0.5, 0.6) is 0 Å². The first kappa shape index (κ1) is 19.2. The van der Waals surface area contributed by atoms with Crippen molar-refractivity contribution in [2.75, 3.05) is 12.4 Å². The molecule has 7 nitrogen and oxygen atoms in total. The Labute approximate surface area is 171 Å². The zero-order chi connectivity index (χ0) is 20.4. The Hall–Kier alpha value is -3.13. The maximum Gasteiger partial charge on any atom is 0.316 e. The van der Waals surface area contributed by atoms with E-state index in [-0.39, 0.29) is 17.2 Å². The number of pyridine rings is 1. The van der Waals surface area contributed by atoms with Gasteiger partial charge in [-0.05, 0) is 31.2 Å². The number of carbonyl (C=O) groups excluding carboxylic acids is 1. The minimum absolute atomic E-state index is 0.0242. The number of esters is 1. The second kappa shape index (κ2) is 8.08. The van der Waals surface area contributed by atoms with Crippen LogP contribution in [0.4, 0.5) is 0 Å². The van der Waals surface area contributed by atoms with Gasteiger partial charge in [-0.15, -0.1) is 10.2 Å². The van der Waals surface area contributed by atoms with Gasteiger partial charge in [0.2, 0.25) is 0 Å². The van der Waals surface area contributed by atoms with Gasteiger partial charge in [-0.2, -0.15) is 0 Å². The Morgan fingerprint density at radius 1 is 1.03 bits per heavy atom. The van der Waals surface area contributed by atoms with E-state index in [0.717, 1.165) is 16.9 Å². The number of nitrogens with zero attached hydrogens (tertiary/aromatic N) is 4. The minimum Gasteiger partial charge on any atom is -0.465 e. The predicted octanol–water partition coefficient (Wildman–Crippen LogP) is 2.99. The molecule has 2 aromatic heterocycles. The first-order chi connectivity index (χ1) is 14.1. The SMILES string of the molecule is CCOC(=O)CSc1nnc(Cn2c3ccccc3c(=O)c3ccccc32)n1C. The number of aromatic nitrogens is 4. The van der Waals surface area contributed by atoms with Crippen molar-refractivity contribution in [2.45, 2.75) is 18.6 Å². The monoisotopic (exact) mass is 408 g/mol. The Kier molecular flexibility index (Phi) is 5.35. The summed E-state index contributed by atoms with van der Waals surface area (Å²) in [5.74, 6) is 0.638. The highest BCUT2D eigenvalue weighted by Gasteiger charge is 2.15. The van der Waals surface area contributed by atoms with Crippen LogP contribution in [0.15, 0.2) is 58.5 Å². The zero-order valence-electron chi connectivity index (χ0n) is 16.2. The summed E-state index contributed by atoms with van der Waals surface area (Å²) in [7, 11) is 1.87. The van der Waals surface area contributed by atoms with E-state index in [1.165, 1.54) is 11.8 Å². The molecule has 8 heteroatoms. The van der Waals surface area contributed by atoms with E-state index in [1.54, 1.807) is 6.92 Å². The van der Waals surface area contributed by atoms with Gasteiger partial charge in [0.1, 0.15) is 0 Å². The average molecular weight is 408 g/mol. The fraction of sp³-hybridized carbons (Fsp3) is 0.238. The number of fused-ring (bicyclic) bond motifs is 2. The van der Waals surface area contributed by atoms with Gasteiger partial charge in [0, 0.05) is 17.8 Å². The Balaban J connectivity index is 1.74. The van der Waals surface area contributed by atoms with Crippen LogP contribution in [0.3, 0.4) is 0 Å². The quantitative estimate of drug-likeness (QED) is 0.277. The number of thioether (sulfide) groups is 1. The molecular formula is C21H20N4O3S. The fourth-order valence-corrected chi connectivity index (χ4v) is 4.05. The first-order valence-electron chi connectivity index (χ1n) is 9.27. The topological polar surface area (TPSA) is 79.0 Å². The summed E-state index contributed by atoms with van der Waals surface area (Å²) >= 11 is 1.29. The number of para-hydroxylation sites is 2. The largest absolute Gasteiger partial charge is 0.465 e. The summed E-state index contributed by atoms with van der Waals surface area (Å²) in [4.78, 5) is 24.5. The zero-order valence-corrected chi connectivity index (χ0v) is 17.0. The molecule has 0 bridgehead atoms. The maximum atomic E-state index is 12.9. The van der Waals surface area contributed by atoms with E-state index < -0.39 is 0 Å². The van der Waals surface area contributed by atoms with Crippen molar-refractivity contribution < 1.29 is 9.53 Å². The second-order valence-electron chi connectivity index (χ2n) is 6.50. The summed E-state index contributed by atoms with van der Waals surface area (Å²) in [5, 5.41) is 10.5. The summed E-state index contributed by atoms with van der Waals surface area (Å²) in [6.07, 6.45) is 0. The number of ether oxygens (including phenoxy) is 1. The van der Waals surface area contributed by atoms with Crippen molar-refractivity contribution in [3.05, 3.63) is 64.6 Å². The molecule has 0 unspecified atom stereocenters. The van der Waals surface area contributed by atoms with Crippen LogP contribution >= 0.6 is 11.8 Å². The highest BCUT2D eigenvalue weighted by atomic mass is 32.2. The number of carbonyl (C=O) groups is 1. The van der Waals surface area contributed by atoms with Gasteiger partial charge in [-0.25, -0.2) is 0 Å². The normalized spacial score (nSPS) is 11.2. The molecule has 0 N–H and O–H groups in total. The molecule has 0 aliphatic heterocycles. The molecule has 148 valence electrons. The van der Waals surface area contributed by atoms with E-state index in [1.807, 2.05) is 60.1 Å². The van der Waals surface area contributed by atoms with Gasteiger partial charge in [0.25, 0.3) is 0 Å². The number of rotatable bonds is 6. The number of hydrogen-bond acceptors (Lipinski definition) is 6. The summed E-state index contributed by atoms with van der Waals surface area (Å²) in [6, 6.07) is 15.2. The molecule has 29 heavy (non-hydrogen) atoms. The lowest BCUT2D eigenvalue weighted by atomic mass is 10.1. The lowest BCUT2D eigenvalue weighted by molar-refractivity contribution is -0.139. The smallest absolute Gasteiger partial charge is 0.316 e.